The fourth-order valence-corrected chi connectivity index (χ4v) is 4.64. The molecule has 0 bridgehead atoms. The van der Waals surface area contributed by atoms with Gasteiger partial charge in [0.2, 0.25) is 0 Å². The third-order valence-corrected chi connectivity index (χ3v) is 6.07. The molecule has 0 saturated carbocycles. The number of sulfone groups is 1. The Balaban J connectivity index is 1.91. The van der Waals surface area contributed by atoms with Crippen molar-refractivity contribution >= 4 is 27.4 Å². The molecule has 1 aliphatic rings. The zero-order valence-electron chi connectivity index (χ0n) is 14.5. The largest absolute Gasteiger partial charge is 0.497 e. The quantitative estimate of drug-likeness (QED) is 0.648. The molecule has 1 N–H and O–H groups in total. The van der Waals surface area contributed by atoms with Gasteiger partial charge in [0.1, 0.15) is 5.75 Å². The van der Waals surface area contributed by atoms with Gasteiger partial charge < -0.3 is 10.1 Å². The standard InChI is InChI=1S/C20H21NO4S/c1-25-18-9-5-6-15(12-18)13-19(16-7-3-2-4-8-16)20(22)21-17-10-11-26(23,24)14-17/h2-9,12-13,17H,10-11,14H2,1H3,(H,21,22). The van der Waals surface area contributed by atoms with Crippen molar-refractivity contribution in [2.75, 3.05) is 18.6 Å². The molecule has 1 fully saturated rings. The summed E-state index contributed by atoms with van der Waals surface area (Å²) in [6.45, 7) is 0. The van der Waals surface area contributed by atoms with Crippen LogP contribution in [0.4, 0.5) is 0 Å². The Labute approximate surface area is 153 Å². The van der Waals surface area contributed by atoms with Gasteiger partial charge in [-0.2, -0.15) is 0 Å². The van der Waals surface area contributed by atoms with E-state index in [-0.39, 0.29) is 23.5 Å². The van der Waals surface area contributed by atoms with Crippen LogP contribution in [-0.2, 0) is 14.6 Å². The van der Waals surface area contributed by atoms with Crippen LogP contribution in [0.25, 0.3) is 11.6 Å². The third kappa shape index (κ3) is 4.52. The number of amides is 1. The number of ether oxygens (including phenoxy) is 1. The Morgan fingerprint density at radius 1 is 1.15 bits per heavy atom. The summed E-state index contributed by atoms with van der Waals surface area (Å²) < 4.78 is 28.5. The van der Waals surface area contributed by atoms with Gasteiger partial charge in [0.15, 0.2) is 9.84 Å². The SMILES string of the molecule is COc1cccc(C=C(C(=O)NC2CCS(=O)(=O)C2)c2ccccc2)c1. The average molecular weight is 371 g/mol. The lowest BCUT2D eigenvalue weighted by atomic mass is 10.0. The van der Waals surface area contributed by atoms with Crippen LogP contribution < -0.4 is 10.1 Å². The van der Waals surface area contributed by atoms with E-state index in [4.69, 9.17) is 4.74 Å². The van der Waals surface area contributed by atoms with Gasteiger partial charge in [-0.3, -0.25) is 4.79 Å². The van der Waals surface area contributed by atoms with Crippen LogP contribution in [0.3, 0.4) is 0 Å². The Morgan fingerprint density at radius 2 is 1.92 bits per heavy atom. The topological polar surface area (TPSA) is 72.5 Å². The maximum atomic E-state index is 12.9. The first-order valence-corrected chi connectivity index (χ1v) is 10.2. The van der Waals surface area contributed by atoms with Crippen LogP contribution in [0.1, 0.15) is 17.5 Å². The maximum absolute atomic E-state index is 12.9. The van der Waals surface area contributed by atoms with Gasteiger partial charge in [-0.25, -0.2) is 8.42 Å². The molecule has 1 heterocycles. The molecule has 0 aliphatic carbocycles. The summed E-state index contributed by atoms with van der Waals surface area (Å²) in [5.74, 6) is 0.549. The van der Waals surface area contributed by atoms with E-state index in [9.17, 15) is 13.2 Å². The molecule has 2 aromatic rings. The number of rotatable bonds is 5. The Bertz CT molecular complexity index is 920. The van der Waals surface area contributed by atoms with Gasteiger partial charge in [0.25, 0.3) is 5.91 Å². The van der Waals surface area contributed by atoms with E-state index in [0.717, 1.165) is 11.1 Å². The second-order valence-corrected chi connectivity index (χ2v) is 8.50. The molecule has 0 radical (unpaired) electrons. The molecular formula is C20H21NO4S. The highest BCUT2D eigenvalue weighted by molar-refractivity contribution is 7.91. The minimum Gasteiger partial charge on any atom is -0.497 e. The van der Waals surface area contributed by atoms with Crippen LogP contribution in [0, 0.1) is 0 Å². The molecule has 1 atom stereocenters. The van der Waals surface area contributed by atoms with Crippen molar-refractivity contribution in [3.63, 3.8) is 0 Å². The molecule has 1 unspecified atom stereocenters. The van der Waals surface area contributed by atoms with E-state index >= 15 is 0 Å². The van der Waals surface area contributed by atoms with Gasteiger partial charge >= 0.3 is 0 Å². The van der Waals surface area contributed by atoms with Crippen molar-refractivity contribution in [3.8, 4) is 5.75 Å². The highest BCUT2D eigenvalue weighted by Gasteiger charge is 2.29. The molecule has 0 spiro atoms. The number of methoxy groups -OCH3 is 1. The first kappa shape index (κ1) is 18.2. The molecular weight excluding hydrogens is 350 g/mol. The van der Waals surface area contributed by atoms with Crippen LogP contribution >= 0.6 is 0 Å². The van der Waals surface area contributed by atoms with E-state index < -0.39 is 9.84 Å². The highest BCUT2D eigenvalue weighted by Crippen LogP contribution is 2.22. The van der Waals surface area contributed by atoms with Crippen molar-refractivity contribution in [2.24, 2.45) is 0 Å². The van der Waals surface area contributed by atoms with Crippen molar-refractivity contribution < 1.29 is 17.9 Å². The molecule has 136 valence electrons. The zero-order chi connectivity index (χ0) is 18.6. The zero-order valence-corrected chi connectivity index (χ0v) is 15.3. The minimum absolute atomic E-state index is 0.0000302. The molecule has 6 heteroatoms. The summed E-state index contributed by atoms with van der Waals surface area (Å²) in [7, 11) is -1.46. The second-order valence-electron chi connectivity index (χ2n) is 6.27. The fourth-order valence-electron chi connectivity index (χ4n) is 2.97. The Hall–Kier alpha value is -2.60. The summed E-state index contributed by atoms with van der Waals surface area (Å²) >= 11 is 0. The van der Waals surface area contributed by atoms with Gasteiger partial charge in [-0.05, 0) is 35.8 Å². The van der Waals surface area contributed by atoms with Crippen LogP contribution in [0.5, 0.6) is 5.75 Å². The Kier molecular flexibility index (Phi) is 5.42. The maximum Gasteiger partial charge on any atom is 0.252 e. The normalized spacial score (nSPS) is 19.1. The number of hydrogen-bond acceptors (Lipinski definition) is 4. The lowest BCUT2D eigenvalue weighted by molar-refractivity contribution is -0.116. The highest BCUT2D eigenvalue weighted by atomic mass is 32.2. The predicted molar refractivity (Wildman–Crippen MR) is 103 cm³/mol. The van der Waals surface area contributed by atoms with E-state index in [0.29, 0.717) is 17.7 Å². The first-order valence-electron chi connectivity index (χ1n) is 8.39. The average Bonchev–Trinajstić information content (AvgIpc) is 2.99. The lowest BCUT2D eigenvalue weighted by Crippen LogP contribution is -2.36. The monoisotopic (exact) mass is 371 g/mol. The number of nitrogens with one attached hydrogen (secondary N) is 1. The van der Waals surface area contributed by atoms with E-state index in [1.54, 1.807) is 13.2 Å². The lowest BCUT2D eigenvalue weighted by Gasteiger charge is -2.14. The molecule has 2 aromatic carbocycles. The van der Waals surface area contributed by atoms with Crippen molar-refractivity contribution in [2.45, 2.75) is 12.5 Å². The molecule has 5 nitrogen and oxygen atoms in total. The van der Waals surface area contributed by atoms with Crippen LogP contribution in [-0.4, -0.2) is 39.0 Å². The smallest absolute Gasteiger partial charge is 0.252 e. The predicted octanol–water partition coefficient (Wildman–Crippen LogP) is 2.54. The van der Waals surface area contributed by atoms with E-state index in [2.05, 4.69) is 5.32 Å². The van der Waals surface area contributed by atoms with Crippen LogP contribution in [0.2, 0.25) is 0 Å². The van der Waals surface area contributed by atoms with Gasteiger partial charge in [-0.1, -0.05) is 42.5 Å². The summed E-state index contributed by atoms with van der Waals surface area (Å²) in [4.78, 5) is 12.9. The van der Waals surface area contributed by atoms with Gasteiger partial charge in [0, 0.05) is 11.6 Å². The van der Waals surface area contributed by atoms with Crippen molar-refractivity contribution in [1.29, 1.82) is 0 Å². The van der Waals surface area contributed by atoms with Crippen molar-refractivity contribution in [1.82, 2.24) is 5.32 Å². The third-order valence-electron chi connectivity index (χ3n) is 4.30. The molecule has 1 aliphatic heterocycles. The van der Waals surface area contributed by atoms with Crippen LogP contribution in [0.15, 0.2) is 54.6 Å². The fraction of sp³-hybridized carbons (Fsp3) is 0.250. The molecule has 0 aromatic heterocycles. The summed E-state index contributed by atoms with van der Waals surface area (Å²) in [6.07, 6.45) is 2.24. The first-order chi connectivity index (χ1) is 12.5. The molecule has 26 heavy (non-hydrogen) atoms. The molecule has 1 saturated heterocycles. The number of hydrogen-bond donors (Lipinski definition) is 1. The minimum atomic E-state index is -3.05. The summed E-state index contributed by atoms with van der Waals surface area (Å²) in [6, 6.07) is 16.4. The Morgan fingerprint density at radius 3 is 2.58 bits per heavy atom. The number of carbonyl (C=O) groups excluding carboxylic acids is 1. The van der Waals surface area contributed by atoms with Gasteiger partial charge in [-0.15, -0.1) is 0 Å². The number of benzene rings is 2. The number of carbonyl (C=O) groups is 1. The second kappa shape index (κ2) is 7.74. The molecule has 3 rings (SSSR count). The molecule has 1 amide bonds. The van der Waals surface area contributed by atoms with Crippen molar-refractivity contribution in [3.05, 3.63) is 65.7 Å². The van der Waals surface area contributed by atoms with E-state index in [1.165, 1.54) is 0 Å². The van der Waals surface area contributed by atoms with Gasteiger partial charge in [0.05, 0.1) is 18.6 Å². The summed E-state index contributed by atoms with van der Waals surface area (Å²) in [5.41, 5.74) is 2.09. The van der Waals surface area contributed by atoms with E-state index in [1.807, 2.05) is 54.6 Å². The summed E-state index contributed by atoms with van der Waals surface area (Å²) in [5, 5.41) is 2.86.